The van der Waals surface area contributed by atoms with Crippen LogP contribution in [0.5, 0.6) is 5.88 Å². The topological polar surface area (TPSA) is 51.2 Å². The highest BCUT2D eigenvalue weighted by Crippen LogP contribution is 2.49. The fourth-order valence-electron chi connectivity index (χ4n) is 4.55. The Morgan fingerprint density at radius 2 is 1.89 bits per heavy atom. The zero-order valence-electron chi connectivity index (χ0n) is 16.4. The van der Waals surface area contributed by atoms with Crippen LogP contribution in [0.1, 0.15) is 49.3 Å². The number of hydrogen-bond donors (Lipinski definition) is 1. The minimum atomic E-state index is 0.0149. The number of benzene rings is 1. The molecule has 2 heterocycles. The highest BCUT2D eigenvalue weighted by molar-refractivity contribution is 5.92. The van der Waals surface area contributed by atoms with Crippen molar-refractivity contribution < 1.29 is 9.53 Å². The van der Waals surface area contributed by atoms with Crippen LogP contribution in [0.15, 0.2) is 36.5 Å². The first-order valence-electron chi connectivity index (χ1n) is 9.94. The number of anilines is 1. The number of aromatic nitrogens is 1. The second-order valence-corrected chi connectivity index (χ2v) is 8.42. The molecular weight excluding hydrogens is 336 g/mol. The molecular formula is C23H28N2O2. The summed E-state index contributed by atoms with van der Waals surface area (Å²) < 4.78 is 5.89. The number of hydrogen-bond acceptors (Lipinski definition) is 3. The molecule has 1 saturated carbocycles. The number of carbonyl (C=O) groups is 1. The predicted molar refractivity (Wildman–Crippen MR) is 107 cm³/mol. The van der Waals surface area contributed by atoms with E-state index < -0.39 is 0 Å². The Balaban J connectivity index is 1.40. The first-order chi connectivity index (χ1) is 13.0. The quantitative estimate of drug-likeness (QED) is 0.851. The Morgan fingerprint density at radius 1 is 1.19 bits per heavy atom. The van der Waals surface area contributed by atoms with Crippen molar-refractivity contribution in [1.82, 2.24) is 4.98 Å². The largest absolute Gasteiger partial charge is 0.476 e. The number of fused-ring (bicyclic) bond motifs is 2. The summed E-state index contributed by atoms with van der Waals surface area (Å²) in [6.45, 7) is 6.93. The van der Waals surface area contributed by atoms with Gasteiger partial charge in [0.15, 0.2) is 0 Å². The van der Waals surface area contributed by atoms with Crippen molar-refractivity contribution >= 4 is 11.6 Å². The van der Waals surface area contributed by atoms with Gasteiger partial charge in [-0.25, -0.2) is 4.98 Å². The van der Waals surface area contributed by atoms with Gasteiger partial charge in [0.1, 0.15) is 0 Å². The van der Waals surface area contributed by atoms with E-state index in [1.54, 1.807) is 0 Å². The molecule has 1 spiro atoms. The molecule has 1 amide bonds. The fourth-order valence-corrected chi connectivity index (χ4v) is 4.55. The molecule has 1 aliphatic heterocycles. The lowest BCUT2D eigenvalue weighted by Gasteiger charge is -2.38. The highest BCUT2D eigenvalue weighted by Gasteiger charge is 2.45. The van der Waals surface area contributed by atoms with Crippen LogP contribution in [0, 0.1) is 25.7 Å². The number of rotatable bonds is 3. The lowest BCUT2D eigenvalue weighted by atomic mass is 9.65. The van der Waals surface area contributed by atoms with Crippen molar-refractivity contribution in [1.29, 1.82) is 0 Å². The summed E-state index contributed by atoms with van der Waals surface area (Å²) in [4.78, 5) is 17.2. The molecule has 1 fully saturated rings. The lowest BCUT2D eigenvalue weighted by Crippen LogP contribution is -2.37. The number of pyridine rings is 1. The second-order valence-electron chi connectivity index (χ2n) is 8.42. The summed E-state index contributed by atoms with van der Waals surface area (Å²) in [5.74, 6) is 1.37. The second kappa shape index (κ2) is 6.99. The molecule has 0 unspecified atom stereocenters. The van der Waals surface area contributed by atoms with Crippen molar-refractivity contribution in [2.75, 3.05) is 11.9 Å². The molecule has 0 saturated heterocycles. The van der Waals surface area contributed by atoms with E-state index in [-0.39, 0.29) is 17.2 Å². The average molecular weight is 364 g/mol. The number of carbonyl (C=O) groups excluding carboxylic acids is 1. The van der Waals surface area contributed by atoms with E-state index in [1.807, 2.05) is 37.4 Å². The zero-order valence-corrected chi connectivity index (χ0v) is 16.4. The van der Waals surface area contributed by atoms with Gasteiger partial charge in [-0.05, 0) is 69.2 Å². The van der Waals surface area contributed by atoms with Crippen LogP contribution in [0.3, 0.4) is 0 Å². The first kappa shape index (κ1) is 18.0. The molecule has 1 aromatic carbocycles. The molecule has 27 heavy (non-hydrogen) atoms. The monoisotopic (exact) mass is 364 g/mol. The van der Waals surface area contributed by atoms with Crippen molar-refractivity contribution in [3.05, 3.63) is 53.2 Å². The minimum Gasteiger partial charge on any atom is -0.476 e. The molecule has 2 aromatic rings. The first-order valence-corrected chi connectivity index (χ1v) is 9.94. The fraction of sp³-hybridized carbons (Fsp3) is 0.478. The van der Waals surface area contributed by atoms with Crippen LogP contribution in [0.4, 0.5) is 5.69 Å². The number of ether oxygens (including phenoxy) is 1. The molecule has 4 rings (SSSR count). The van der Waals surface area contributed by atoms with Gasteiger partial charge in [-0.15, -0.1) is 0 Å². The highest BCUT2D eigenvalue weighted by atomic mass is 16.5. The average Bonchev–Trinajstić information content (AvgIpc) is 3.01. The van der Waals surface area contributed by atoms with E-state index in [9.17, 15) is 4.79 Å². The van der Waals surface area contributed by atoms with Gasteiger partial charge in [0.05, 0.1) is 6.61 Å². The number of amides is 1. The molecule has 4 nitrogen and oxygen atoms in total. The predicted octanol–water partition coefficient (Wildman–Crippen LogP) is 4.79. The standard InChI is InChI=1S/C23H28N2O2/c1-15-4-6-19(7-5-15)25-21(26)17(3)18-8-10-23(11-9-18)14-27-22-20(23)12-16(2)13-24-22/h4-7,12-13,17-18H,8-11,14H2,1-3H3,(H,25,26)/t17-,18?,23?/m0/s1. The Bertz CT molecular complexity index is 836. The number of nitrogens with one attached hydrogen (secondary N) is 1. The van der Waals surface area contributed by atoms with Crippen LogP contribution >= 0.6 is 0 Å². The molecule has 0 radical (unpaired) electrons. The smallest absolute Gasteiger partial charge is 0.227 e. The van der Waals surface area contributed by atoms with Gasteiger partial charge in [0.2, 0.25) is 11.8 Å². The van der Waals surface area contributed by atoms with E-state index in [1.165, 1.54) is 16.7 Å². The SMILES string of the molecule is Cc1ccc(NC(=O)[C@@H](C)C2CCC3(CC2)COc2ncc(C)cc23)cc1. The summed E-state index contributed by atoms with van der Waals surface area (Å²) in [5, 5.41) is 3.08. The van der Waals surface area contributed by atoms with Gasteiger partial charge in [-0.2, -0.15) is 0 Å². The van der Waals surface area contributed by atoms with Crippen molar-refractivity contribution in [3.8, 4) is 5.88 Å². The van der Waals surface area contributed by atoms with Gasteiger partial charge < -0.3 is 10.1 Å². The van der Waals surface area contributed by atoms with E-state index >= 15 is 0 Å². The van der Waals surface area contributed by atoms with Crippen molar-refractivity contribution in [3.63, 3.8) is 0 Å². The molecule has 1 N–H and O–H groups in total. The minimum absolute atomic E-state index is 0.0149. The van der Waals surface area contributed by atoms with Crippen LogP contribution in [-0.4, -0.2) is 17.5 Å². The summed E-state index contributed by atoms with van der Waals surface area (Å²) in [7, 11) is 0. The zero-order chi connectivity index (χ0) is 19.0. The molecule has 2 aliphatic rings. The van der Waals surface area contributed by atoms with Gasteiger partial charge in [-0.3, -0.25) is 4.79 Å². The maximum Gasteiger partial charge on any atom is 0.227 e. The molecule has 1 atom stereocenters. The molecule has 1 aliphatic carbocycles. The van der Waals surface area contributed by atoms with Crippen LogP contribution in [-0.2, 0) is 10.2 Å². The maximum atomic E-state index is 12.7. The van der Waals surface area contributed by atoms with Crippen molar-refractivity contribution in [2.24, 2.45) is 11.8 Å². The summed E-state index contributed by atoms with van der Waals surface area (Å²) in [6.07, 6.45) is 6.12. The Kier molecular flexibility index (Phi) is 4.67. The molecule has 4 heteroatoms. The summed E-state index contributed by atoms with van der Waals surface area (Å²) in [6, 6.07) is 10.2. The molecule has 1 aromatic heterocycles. The Labute approximate surface area is 161 Å². The molecule has 142 valence electrons. The van der Waals surface area contributed by atoms with Gasteiger partial charge >= 0.3 is 0 Å². The third-order valence-electron chi connectivity index (χ3n) is 6.47. The number of aryl methyl sites for hydroxylation is 2. The van der Waals surface area contributed by atoms with E-state index in [0.29, 0.717) is 5.92 Å². The summed E-state index contributed by atoms with van der Waals surface area (Å²) in [5.41, 5.74) is 4.63. The molecule has 0 bridgehead atoms. The van der Waals surface area contributed by atoms with Gasteiger partial charge in [0.25, 0.3) is 0 Å². The van der Waals surface area contributed by atoms with Gasteiger partial charge in [-0.1, -0.05) is 24.6 Å². The van der Waals surface area contributed by atoms with E-state index in [2.05, 4.69) is 30.2 Å². The number of nitrogens with zero attached hydrogens (tertiary/aromatic N) is 1. The van der Waals surface area contributed by atoms with E-state index in [4.69, 9.17) is 4.74 Å². The Morgan fingerprint density at radius 3 is 2.59 bits per heavy atom. The van der Waals surface area contributed by atoms with Crippen LogP contribution < -0.4 is 10.1 Å². The maximum absolute atomic E-state index is 12.7. The third kappa shape index (κ3) is 3.45. The summed E-state index contributed by atoms with van der Waals surface area (Å²) >= 11 is 0. The van der Waals surface area contributed by atoms with Gasteiger partial charge in [0, 0.05) is 28.8 Å². The third-order valence-corrected chi connectivity index (χ3v) is 6.47. The normalized spacial score (nSPS) is 24.9. The van der Waals surface area contributed by atoms with Crippen LogP contribution in [0.2, 0.25) is 0 Å². The van der Waals surface area contributed by atoms with Crippen LogP contribution in [0.25, 0.3) is 0 Å². The van der Waals surface area contributed by atoms with E-state index in [0.717, 1.165) is 43.9 Å². The Hall–Kier alpha value is -2.36. The lowest BCUT2D eigenvalue weighted by molar-refractivity contribution is -0.121. The van der Waals surface area contributed by atoms with Crippen molar-refractivity contribution in [2.45, 2.75) is 51.9 Å².